The Hall–Kier alpha value is -4.20. The lowest BCUT2D eigenvalue weighted by atomic mass is 10.2. The van der Waals surface area contributed by atoms with Crippen molar-refractivity contribution in [1.29, 1.82) is 0 Å². The van der Waals surface area contributed by atoms with E-state index in [1.165, 1.54) is 6.33 Å². The number of aryl methyl sites for hydroxylation is 2. The van der Waals surface area contributed by atoms with E-state index in [4.69, 9.17) is 9.47 Å². The van der Waals surface area contributed by atoms with Gasteiger partial charge in [-0.2, -0.15) is 0 Å². The highest BCUT2D eigenvalue weighted by atomic mass is 16.5. The summed E-state index contributed by atoms with van der Waals surface area (Å²) in [6.07, 6.45) is 4.96. The van der Waals surface area contributed by atoms with Crippen molar-refractivity contribution < 1.29 is 14.3 Å². The lowest BCUT2D eigenvalue weighted by Gasteiger charge is -2.10. The molecule has 0 aliphatic heterocycles. The molecule has 4 rings (SSSR count). The van der Waals surface area contributed by atoms with Crippen LogP contribution in [-0.4, -0.2) is 32.0 Å². The summed E-state index contributed by atoms with van der Waals surface area (Å²) in [7, 11) is 0. The summed E-state index contributed by atoms with van der Waals surface area (Å²) >= 11 is 0. The van der Waals surface area contributed by atoms with E-state index in [2.05, 4.69) is 20.3 Å². The van der Waals surface area contributed by atoms with Crippen LogP contribution in [0.15, 0.2) is 73.3 Å². The Balaban J connectivity index is 1.33. The summed E-state index contributed by atoms with van der Waals surface area (Å²) in [5.41, 5.74) is 1.77. The molecule has 0 aliphatic rings. The third kappa shape index (κ3) is 5.24. The van der Waals surface area contributed by atoms with E-state index in [-0.39, 0.29) is 12.5 Å². The van der Waals surface area contributed by atoms with Gasteiger partial charge in [-0.05, 0) is 50.2 Å². The molecule has 156 valence electrons. The van der Waals surface area contributed by atoms with Gasteiger partial charge < -0.3 is 14.8 Å². The van der Waals surface area contributed by atoms with Crippen molar-refractivity contribution in [1.82, 2.24) is 19.5 Å². The van der Waals surface area contributed by atoms with Gasteiger partial charge in [0.25, 0.3) is 5.91 Å². The van der Waals surface area contributed by atoms with E-state index in [1.807, 2.05) is 48.9 Å². The summed E-state index contributed by atoms with van der Waals surface area (Å²) in [5.74, 6) is 2.88. The minimum atomic E-state index is -0.245. The summed E-state index contributed by atoms with van der Waals surface area (Å²) in [4.78, 5) is 24.7. The molecule has 2 heterocycles. The summed E-state index contributed by atoms with van der Waals surface area (Å²) < 4.78 is 13.1. The molecule has 31 heavy (non-hydrogen) atoms. The first kappa shape index (κ1) is 20.1. The molecule has 2 aromatic heterocycles. The van der Waals surface area contributed by atoms with Crippen molar-refractivity contribution in [3.8, 4) is 23.2 Å². The number of hydrogen-bond donors (Lipinski definition) is 1. The minimum Gasteiger partial charge on any atom is -0.484 e. The van der Waals surface area contributed by atoms with Crippen molar-refractivity contribution in [2.24, 2.45) is 0 Å². The zero-order valence-corrected chi connectivity index (χ0v) is 17.1. The molecule has 0 unspecified atom stereocenters. The van der Waals surface area contributed by atoms with E-state index >= 15 is 0 Å². The molecule has 1 N–H and O–H groups in total. The van der Waals surface area contributed by atoms with Crippen molar-refractivity contribution in [2.45, 2.75) is 13.8 Å². The second-order valence-electron chi connectivity index (χ2n) is 6.84. The second kappa shape index (κ2) is 9.08. The number of hydrogen-bond acceptors (Lipinski definition) is 6. The standard InChI is InChI=1S/C23H21N5O3/c1-16-3-7-19(8-4-16)30-14-22(29)27-18-5-9-20(10-6-18)31-23-13-21(25-15-26-23)28-12-11-24-17(28)2/h3-13,15H,14H2,1-2H3,(H,27,29). The molecule has 4 aromatic rings. The fourth-order valence-corrected chi connectivity index (χ4v) is 2.85. The van der Waals surface area contributed by atoms with Gasteiger partial charge in [-0.1, -0.05) is 17.7 Å². The Morgan fingerprint density at radius 2 is 1.71 bits per heavy atom. The summed E-state index contributed by atoms with van der Waals surface area (Å²) in [6.45, 7) is 3.81. The summed E-state index contributed by atoms with van der Waals surface area (Å²) in [5, 5.41) is 2.79. The van der Waals surface area contributed by atoms with Gasteiger partial charge in [0.15, 0.2) is 6.61 Å². The van der Waals surface area contributed by atoms with Gasteiger partial charge in [-0.15, -0.1) is 0 Å². The van der Waals surface area contributed by atoms with Crippen LogP contribution in [0.3, 0.4) is 0 Å². The number of nitrogens with one attached hydrogen (secondary N) is 1. The number of ether oxygens (including phenoxy) is 2. The fraction of sp³-hybridized carbons (Fsp3) is 0.130. The normalized spacial score (nSPS) is 10.5. The molecule has 8 heteroatoms. The molecule has 0 bridgehead atoms. The smallest absolute Gasteiger partial charge is 0.262 e. The number of anilines is 1. The van der Waals surface area contributed by atoms with Crippen LogP contribution >= 0.6 is 0 Å². The lowest BCUT2D eigenvalue weighted by Crippen LogP contribution is -2.20. The third-order valence-electron chi connectivity index (χ3n) is 4.45. The van der Waals surface area contributed by atoms with Crippen LogP contribution in [0.25, 0.3) is 5.82 Å². The molecule has 0 saturated carbocycles. The Morgan fingerprint density at radius 3 is 2.42 bits per heavy atom. The molecule has 2 aromatic carbocycles. The van der Waals surface area contributed by atoms with E-state index in [0.717, 1.165) is 11.4 Å². The van der Waals surface area contributed by atoms with Gasteiger partial charge in [-0.3, -0.25) is 9.36 Å². The number of benzene rings is 2. The van der Waals surface area contributed by atoms with E-state index in [1.54, 1.807) is 36.5 Å². The fourth-order valence-electron chi connectivity index (χ4n) is 2.85. The second-order valence-corrected chi connectivity index (χ2v) is 6.84. The minimum absolute atomic E-state index is 0.0707. The van der Waals surface area contributed by atoms with Crippen LogP contribution < -0.4 is 14.8 Å². The van der Waals surface area contributed by atoms with Crippen LogP contribution in [0.4, 0.5) is 5.69 Å². The highest BCUT2D eigenvalue weighted by Crippen LogP contribution is 2.22. The van der Waals surface area contributed by atoms with Gasteiger partial charge in [0.1, 0.15) is 29.5 Å². The Labute approximate surface area is 179 Å². The number of amides is 1. The molecule has 0 fully saturated rings. The number of carbonyl (C=O) groups is 1. The molecule has 0 aliphatic carbocycles. The average molecular weight is 415 g/mol. The quantitative estimate of drug-likeness (QED) is 0.489. The zero-order valence-electron chi connectivity index (χ0n) is 17.1. The first-order valence-electron chi connectivity index (χ1n) is 9.66. The number of carbonyl (C=O) groups excluding carboxylic acids is 1. The highest BCUT2D eigenvalue weighted by Gasteiger charge is 2.07. The van der Waals surface area contributed by atoms with Crippen molar-refractivity contribution in [3.05, 3.63) is 84.7 Å². The topological polar surface area (TPSA) is 91.2 Å². The largest absolute Gasteiger partial charge is 0.484 e. The molecule has 0 spiro atoms. The monoisotopic (exact) mass is 415 g/mol. The Bertz CT molecular complexity index is 1170. The first-order chi connectivity index (χ1) is 15.1. The number of aromatic nitrogens is 4. The van der Waals surface area contributed by atoms with Crippen molar-refractivity contribution >= 4 is 11.6 Å². The average Bonchev–Trinajstić information content (AvgIpc) is 3.21. The highest BCUT2D eigenvalue weighted by molar-refractivity contribution is 5.91. The third-order valence-corrected chi connectivity index (χ3v) is 4.45. The molecular weight excluding hydrogens is 394 g/mol. The molecule has 0 saturated heterocycles. The van der Waals surface area contributed by atoms with Crippen molar-refractivity contribution in [3.63, 3.8) is 0 Å². The van der Waals surface area contributed by atoms with Crippen LogP contribution in [-0.2, 0) is 4.79 Å². The molecule has 0 radical (unpaired) electrons. The van der Waals surface area contributed by atoms with E-state index < -0.39 is 0 Å². The predicted octanol–water partition coefficient (Wildman–Crippen LogP) is 4.09. The maximum absolute atomic E-state index is 12.1. The van der Waals surface area contributed by atoms with Crippen LogP contribution in [0.5, 0.6) is 17.4 Å². The van der Waals surface area contributed by atoms with Crippen LogP contribution in [0, 0.1) is 13.8 Å². The summed E-state index contributed by atoms with van der Waals surface area (Å²) in [6, 6.07) is 16.3. The number of imidazole rings is 1. The Kier molecular flexibility index (Phi) is 5.89. The molecular formula is C23H21N5O3. The maximum Gasteiger partial charge on any atom is 0.262 e. The SMILES string of the molecule is Cc1ccc(OCC(=O)Nc2ccc(Oc3cc(-n4ccnc4C)ncn3)cc2)cc1. The number of rotatable bonds is 7. The first-order valence-corrected chi connectivity index (χ1v) is 9.66. The molecule has 8 nitrogen and oxygen atoms in total. The van der Waals surface area contributed by atoms with E-state index in [9.17, 15) is 4.79 Å². The van der Waals surface area contributed by atoms with Gasteiger partial charge in [0, 0.05) is 24.1 Å². The van der Waals surface area contributed by atoms with Gasteiger partial charge in [0.05, 0.1) is 0 Å². The predicted molar refractivity (Wildman–Crippen MR) is 116 cm³/mol. The van der Waals surface area contributed by atoms with Crippen molar-refractivity contribution in [2.75, 3.05) is 11.9 Å². The van der Waals surface area contributed by atoms with E-state index in [0.29, 0.717) is 28.9 Å². The molecule has 0 atom stereocenters. The van der Waals surface area contributed by atoms with Gasteiger partial charge >= 0.3 is 0 Å². The van der Waals surface area contributed by atoms with Gasteiger partial charge in [-0.25, -0.2) is 15.0 Å². The zero-order chi connectivity index (χ0) is 21.6. The number of nitrogens with zero attached hydrogens (tertiary/aromatic N) is 4. The van der Waals surface area contributed by atoms with Crippen LogP contribution in [0.2, 0.25) is 0 Å². The Morgan fingerprint density at radius 1 is 0.968 bits per heavy atom. The molecule has 1 amide bonds. The lowest BCUT2D eigenvalue weighted by molar-refractivity contribution is -0.118. The van der Waals surface area contributed by atoms with Gasteiger partial charge in [0.2, 0.25) is 5.88 Å². The van der Waals surface area contributed by atoms with Crippen LogP contribution in [0.1, 0.15) is 11.4 Å². The maximum atomic E-state index is 12.1.